The number of nitrogens with one attached hydrogen (secondary N) is 3. The van der Waals surface area contributed by atoms with Crippen molar-refractivity contribution in [3.63, 3.8) is 0 Å². The first-order valence-electron chi connectivity index (χ1n) is 7.53. The van der Waals surface area contributed by atoms with E-state index in [0.29, 0.717) is 39.6 Å². The summed E-state index contributed by atoms with van der Waals surface area (Å²) in [5.74, 6) is -0.737. The molecule has 3 N–H and O–H groups in total. The van der Waals surface area contributed by atoms with Crippen LogP contribution in [0.15, 0.2) is 6.07 Å². The predicted molar refractivity (Wildman–Crippen MR) is 94.0 cm³/mol. The van der Waals surface area contributed by atoms with Gasteiger partial charge >= 0.3 is 0 Å². The molecule has 0 radical (unpaired) electrons. The number of carbonyl (C=O) groups is 2. The molecule has 3 rings (SSSR count). The summed E-state index contributed by atoms with van der Waals surface area (Å²) >= 11 is 12.5. The number of amides is 2. The van der Waals surface area contributed by atoms with Gasteiger partial charge in [-0.2, -0.15) is 0 Å². The molecule has 8 heteroatoms. The number of H-pyrrole nitrogens is 1. The van der Waals surface area contributed by atoms with Gasteiger partial charge in [-0.15, -0.1) is 0 Å². The van der Waals surface area contributed by atoms with Crippen molar-refractivity contribution in [2.45, 2.75) is 19.3 Å². The molecule has 1 atom stereocenters. The number of hydrogen-bond donors (Lipinski definition) is 3. The smallest absolute Gasteiger partial charge is 0.250 e. The maximum Gasteiger partial charge on any atom is 0.250 e. The third-order valence-electron chi connectivity index (χ3n) is 4.14. The molecule has 0 saturated carbocycles. The molecule has 0 spiro atoms. The average molecular weight is 370 g/mol. The van der Waals surface area contributed by atoms with Crippen LogP contribution in [0.2, 0.25) is 10.0 Å². The van der Waals surface area contributed by atoms with E-state index in [1.54, 1.807) is 6.07 Å². The summed E-state index contributed by atoms with van der Waals surface area (Å²) in [7, 11) is 1.44. The number of aromatic nitrogens is 1. The highest BCUT2D eigenvalue weighted by atomic mass is 35.5. The second-order valence-corrected chi connectivity index (χ2v) is 6.52. The van der Waals surface area contributed by atoms with E-state index in [-0.39, 0.29) is 24.3 Å². The van der Waals surface area contributed by atoms with Gasteiger partial charge in [0.1, 0.15) is 6.61 Å². The van der Waals surface area contributed by atoms with Crippen molar-refractivity contribution in [1.29, 1.82) is 0 Å². The van der Waals surface area contributed by atoms with Crippen LogP contribution in [-0.4, -0.2) is 37.1 Å². The summed E-state index contributed by atoms with van der Waals surface area (Å²) in [5, 5.41) is 7.07. The lowest BCUT2D eigenvalue weighted by molar-refractivity contribution is -0.122. The lowest BCUT2D eigenvalue weighted by Gasteiger charge is -2.13. The number of aromatic amines is 1. The molecule has 1 aliphatic rings. The van der Waals surface area contributed by atoms with Gasteiger partial charge in [-0.05, 0) is 18.6 Å². The summed E-state index contributed by atoms with van der Waals surface area (Å²) in [6.07, 6.45) is 0.652. The van der Waals surface area contributed by atoms with Crippen LogP contribution < -0.4 is 10.6 Å². The molecule has 0 saturated heterocycles. The molecule has 2 amide bonds. The van der Waals surface area contributed by atoms with Crippen molar-refractivity contribution in [3.05, 3.63) is 27.4 Å². The van der Waals surface area contributed by atoms with Gasteiger partial charge in [-0.1, -0.05) is 23.2 Å². The van der Waals surface area contributed by atoms with E-state index in [2.05, 4.69) is 15.6 Å². The number of methoxy groups -OCH3 is 1. The lowest BCUT2D eigenvalue weighted by atomic mass is 9.96. The number of anilines is 1. The summed E-state index contributed by atoms with van der Waals surface area (Å²) in [4.78, 5) is 27.4. The van der Waals surface area contributed by atoms with Crippen LogP contribution in [0, 0.1) is 0 Å². The van der Waals surface area contributed by atoms with Crippen molar-refractivity contribution in [2.24, 2.45) is 0 Å². The second kappa shape index (κ2) is 6.63. The molecule has 0 fully saturated rings. The largest absolute Gasteiger partial charge is 0.375 e. The molecule has 6 nitrogen and oxygen atoms in total. The Balaban J connectivity index is 2.24. The van der Waals surface area contributed by atoms with Crippen molar-refractivity contribution in [2.75, 3.05) is 25.6 Å². The van der Waals surface area contributed by atoms with Crippen molar-refractivity contribution >= 4 is 51.6 Å². The highest BCUT2D eigenvalue weighted by molar-refractivity contribution is 6.45. The molecule has 24 heavy (non-hydrogen) atoms. The van der Waals surface area contributed by atoms with Gasteiger partial charge in [0.15, 0.2) is 0 Å². The molecule has 128 valence electrons. The quantitative estimate of drug-likeness (QED) is 0.777. The molecule has 0 aliphatic carbocycles. The Hall–Kier alpha value is -1.76. The van der Waals surface area contributed by atoms with Crippen LogP contribution in [0.1, 0.15) is 24.1 Å². The fraction of sp³-hybridized carbons (Fsp3) is 0.375. The van der Waals surface area contributed by atoms with Crippen LogP contribution in [-0.2, 0) is 20.7 Å². The minimum atomic E-state index is -0.369. The highest BCUT2D eigenvalue weighted by Gasteiger charge is 2.28. The van der Waals surface area contributed by atoms with Crippen molar-refractivity contribution in [3.8, 4) is 0 Å². The molecule has 2 heterocycles. The van der Waals surface area contributed by atoms with E-state index in [1.807, 2.05) is 6.92 Å². The first-order chi connectivity index (χ1) is 11.4. The highest BCUT2D eigenvalue weighted by Crippen LogP contribution is 2.42. The van der Waals surface area contributed by atoms with Crippen LogP contribution in [0.4, 0.5) is 5.69 Å². The molecule has 0 unspecified atom stereocenters. The number of rotatable bonds is 3. The Morgan fingerprint density at radius 3 is 2.92 bits per heavy atom. The predicted octanol–water partition coefficient (Wildman–Crippen LogP) is 2.84. The number of carbonyl (C=O) groups excluding carboxylic acids is 2. The van der Waals surface area contributed by atoms with Gasteiger partial charge in [0.25, 0.3) is 0 Å². The Morgan fingerprint density at radius 1 is 1.46 bits per heavy atom. The van der Waals surface area contributed by atoms with Crippen molar-refractivity contribution in [1.82, 2.24) is 10.3 Å². The van der Waals surface area contributed by atoms with E-state index >= 15 is 0 Å². The second-order valence-electron chi connectivity index (χ2n) is 5.73. The monoisotopic (exact) mass is 369 g/mol. The zero-order valence-electron chi connectivity index (χ0n) is 13.3. The fourth-order valence-corrected chi connectivity index (χ4v) is 3.48. The summed E-state index contributed by atoms with van der Waals surface area (Å²) in [6, 6.07) is 1.60. The third-order valence-corrected chi connectivity index (χ3v) is 4.93. The molecule has 1 aliphatic heterocycles. The molecule has 0 bridgehead atoms. The number of halogens is 2. The van der Waals surface area contributed by atoms with Gasteiger partial charge in [0.05, 0.1) is 27.2 Å². The molecular formula is C16H17Cl2N3O3. The number of benzene rings is 1. The van der Waals surface area contributed by atoms with Gasteiger partial charge in [0, 0.05) is 31.2 Å². The van der Waals surface area contributed by atoms with E-state index in [4.69, 9.17) is 27.9 Å². The first kappa shape index (κ1) is 17.1. The van der Waals surface area contributed by atoms with E-state index in [9.17, 15) is 9.59 Å². The minimum absolute atomic E-state index is 0.0603. The summed E-state index contributed by atoms with van der Waals surface area (Å²) in [6.45, 7) is 2.29. The van der Waals surface area contributed by atoms with Gasteiger partial charge in [-0.3, -0.25) is 9.59 Å². The summed E-state index contributed by atoms with van der Waals surface area (Å²) < 4.78 is 4.85. The standard InChI is InChI=1S/C16H17Cl2N3O3/c1-7-12-9(3-4-19-16(7)23)21-15-13(12)10(5-8(17)14(15)18)20-11(22)6-24-2/h5,7,21H,3-4,6H2,1-2H3,(H,19,23)(H,20,22)/t7-/m1/s1. The van der Waals surface area contributed by atoms with Crippen LogP contribution in [0.5, 0.6) is 0 Å². The zero-order valence-corrected chi connectivity index (χ0v) is 14.8. The number of fused-ring (bicyclic) bond motifs is 3. The van der Waals surface area contributed by atoms with Crippen LogP contribution in [0.3, 0.4) is 0 Å². The lowest BCUT2D eigenvalue weighted by Crippen LogP contribution is -2.27. The number of ether oxygens (including phenoxy) is 1. The Kier molecular flexibility index (Phi) is 4.71. The molecule has 1 aromatic heterocycles. The maximum absolute atomic E-state index is 12.2. The fourth-order valence-electron chi connectivity index (χ4n) is 3.08. The van der Waals surface area contributed by atoms with Gasteiger partial charge in [0.2, 0.25) is 11.8 Å². The van der Waals surface area contributed by atoms with Crippen LogP contribution in [0.25, 0.3) is 10.9 Å². The van der Waals surface area contributed by atoms with E-state index < -0.39 is 0 Å². The normalized spacial score (nSPS) is 17.3. The van der Waals surface area contributed by atoms with Crippen molar-refractivity contribution < 1.29 is 14.3 Å². The number of hydrogen-bond acceptors (Lipinski definition) is 3. The zero-order chi connectivity index (χ0) is 17.4. The minimum Gasteiger partial charge on any atom is -0.375 e. The SMILES string of the molecule is COCC(=O)Nc1cc(Cl)c(Cl)c2[nH]c3c(c12)[C@@H](C)C(=O)NCC3. The van der Waals surface area contributed by atoms with Gasteiger partial charge < -0.3 is 20.4 Å². The maximum atomic E-state index is 12.2. The molecule has 2 aromatic rings. The Morgan fingerprint density at radius 2 is 2.21 bits per heavy atom. The van der Waals surface area contributed by atoms with E-state index in [1.165, 1.54) is 7.11 Å². The van der Waals surface area contributed by atoms with E-state index in [0.717, 1.165) is 11.3 Å². The Labute approximate surface area is 148 Å². The topological polar surface area (TPSA) is 83.2 Å². The van der Waals surface area contributed by atoms with Crippen LogP contribution >= 0.6 is 23.2 Å². The first-order valence-corrected chi connectivity index (χ1v) is 8.28. The van der Waals surface area contributed by atoms with Gasteiger partial charge in [-0.25, -0.2) is 0 Å². The molecule has 1 aromatic carbocycles. The Bertz CT molecular complexity index is 832. The summed E-state index contributed by atoms with van der Waals surface area (Å²) in [5.41, 5.74) is 2.90. The molecular weight excluding hydrogens is 353 g/mol. The average Bonchev–Trinajstić information content (AvgIpc) is 2.85. The third kappa shape index (κ3) is 2.85.